The van der Waals surface area contributed by atoms with Crippen LogP contribution < -0.4 is 21.0 Å². The normalized spacial score (nSPS) is 29.2. The van der Waals surface area contributed by atoms with Crippen LogP contribution in [0.4, 0.5) is 4.79 Å². The molecule has 3 aliphatic rings. The van der Waals surface area contributed by atoms with Gasteiger partial charge in [0.25, 0.3) is 8.32 Å². The first-order valence-electron chi connectivity index (χ1n) is 22.6. The quantitative estimate of drug-likeness (QED) is 0.116. The number of esters is 1. The molecule has 0 spiro atoms. The zero-order chi connectivity index (χ0) is 44.4. The summed E-state index contributed by atoms with van der Waals surface area (Å²) in [6.07, 6.45) is 2.30. The van der Waals surface area contributed by atoms with E-state index < -0.39 is 54.4 Å². The van der Waals surface area contributed by atoms with E-state index in [0.717, 1.165) is 40.8 Å². The minimum absolute atomic E-state index is 0.122. The van der Waals surface area contributed by atoms with Crippen molar-refractivity contribution in [2.75, 3.05) is 13.2 Å². The molecule has 3 saturated carbocycles. The number of alkyl carbamates (subject to hydrolysis) is 1. The standard InChI is InChI=1S/C51H72N2O7Si/c1-11-49(9)30-42(59-43(55)34-58-61(48(6,7)8,38-18-14-12-15-19-38)39-20-16-13-17-21-39)50(10)35(2)26-28-51(29-27-41(54)44(50)51)40(45(49)56)33-52-31-36-22-24-37(25-23-36)32-53-46(57)60-47(3,4)5/h12-25,35,40,42,44-45,52,56H,11,26-34H2,1-10H3,(H,53,57)/t35-,40-,42-,44?,45+,49+,50+,51+/m1/s1. The maximum atomic E-state index is 14.5. The minimum atomic E-state index is -3.02. The van der Waals surface area contributed by atoms with Crippen molar-refractivity contribution in [3.05, 3.63) is 96.1 Å². The van der Waals surface area contributed by atoms with Gasteiger partial charge in [-0.15, -0.1) is 0 Å². The van der Waals surface area contributed by atoms with Crippen molar-refractivity contribution in [2.45, 2.75) is 144 Å². The summed E-state index contributed by atoms with van der Waals surface area (Å²) in [4.78, 5) is 41.1. The zero-order valence-corrected chi connectivity index (χ0v) is 39.4. The van der Waals surface area contributed by atoms with Crippen LogP contribution in [0.25, 0.3) is 0 Å². The highest BCUT2D eigenvalue weighted by molar-refractivity contribution is 6.99. The molecule has 0 radical (unpaired) electrons. The van der Waals surface area contributed by atoms with Crippen LogP contribution in [0.5, 0.6) is 0 Å². The monoisotopic (exact) mass is 853 g/mol. The van der Waals surface area contributed by atoms with Crippen LogP contribution in [0, 0.1) is 34.0 Å². The lowest BCUT2D eigenvalue weighted by atomic mass is 9.43. The molecule has 3 aromatic carbocycles. The number of rotatable bonds is 13. The van der Waals surface area contributed by atoms with Crippen LogP contribution in [-0.4, -0.2) is 62.2 Å². The van der Waals surface area contributed by atoms with Crippen molar-refractivity contribution in [3.63, 3.8) is 0 Å². The Labute approximate surface area is 366 Å². The van der Waals surface area contributed by atoms with Gasteiger partial charge in [0.1, 0.15) is 24.1 Å². The molecule has 0 aliphatic heterocycles. The lowest BCUT2D eigenvalue weighted by Crippen LogP contribution is -2.67. The Morgan fingerprint density at radius 2 is 1.43 bits per heavy atom. The Kier molecular flexibility index (Phi) is 13.9. The lowest BCUT2D eigenvalue weighted by Gasteiger charge is -2.62. The second-order valence-electron chi connectivity index (χ2n) is 20.9. The number of hydrogen-bond acceptors (Lipinski definition) is 8. The Balaban J connectivity index is 1.24. The van der Waals surface area contributed by atoms with Crippen molar-refractivity contribution in [2.24, 2.45) is 34.0 Å². The summed E-state index contributed by atoms with van der Waals surface area (Å²) in [5.41, 5.74) is -0.150. The number of aliphatic hydroxyl groups excluding tert-OH is 1. The van der Waals surface area contributed by atoms with Crippen LogP contribution in [0.3, 0.4) is 0 Å². The van der Waals surface area contributed by atoms with Crippen molar-refractivity contribution >= 4 is 36.5 Å². The molecule has 3 aromatic rings. The summed E-state index contributed by atoms with van der Waals surface area (Å²) >= 11 is 0. The number of ketones is 1. The molecule has 3 aliphatic carbocycles. The van der Waals surface area contributed by atoms with E-state index >= 15 is 0 Å². The smallest absolute Gasteiger partial charge is 0.407 e. The van der Waals surface area contributed by atoms with Gasteiger partial charge in [-0.05, 0) is 96.2 Å². The number of nitrogens with one attached hydrogen (secondary N) is 2. The number of carbonyl (C=O) groups excluding carboxylic acids is 3. The number of hydrogen-bond donors (Lipinski definition) is 3. The molecule has 3 fully saturated rings. The molecule has 1 amide bonds. The fourth-order valence-electron chi connectivity index (χ4n) is 11.5. The van der Waals surface area contributed by atoms with E-state index in [4.69, 9.17) is 13.9 Å². The summed E-state index contributed by atoms with van der Waals surface area (Å²) in [7, 11) is -3.02. The number of carbonyl (C=O) groups is 3. The van der Waals surface area contributed by atoms with Gasteiger partial charge in [0.05, 0.1) is 6.10 Å². The van der Waals surface area contributed by atoms with E-state index in [1.165, 1.54) is 0 Å². The van der Waals surface area contributed by atoms with Crippen LogP contribution in [-0.2, 0) is 36.6 Å². The van der Waals surface area contributed by atoms with Gasteiger partial charge in [-0.3, -0.25) is 4.79 Å². The van der Waals surface area contributed by atoms with E-state index in [2.05, 4.69) is 95.5 Å². The van der Waals surface area contributed by atoms with Crippen molar-refractivity contribution in [3.8, 4) is 0 Å². The largest absolute Gasteiger partial charge is 0.460 e. The Bertz CT molecular complexity index is 1940. The average Bonchev–Trinajstić information content (AvgIpc) is 3.57. The summed E-state index contributed by atoms with van der Waals surface area (Å²) in [5.74, 6) is -0.596. The molecular weight excluding hydrogens is 781 g/mol. The predicted molar refractivity (Wildman–Crippen MR) is 244 cm³/mol. The Morgan fingerprint density at radius 3 is 1.97 bits per heavy atom. The highest BCUT2D eigenvalue weighted by Crippen LogP contribution is 2.68. The molecule has 10 heteroatoms. The minimum Gasteiger partial charge on any atom is -0.460 e. The topological polar surface area (TPSA) is 123 Å². The molecule has 1 unspecified atom stereocenters. The molecule has 61 heavy (non-hydrogen) atoms. The molecule has 332 valence electrons. The summed E-state index contributed by atoms with van der Waals surface area (Å²) in [5, 5.41) is 21.1. The molecule has 0 aromatic heterocycles. The third kappa shape index (κ3) is 9.29. The van der Waals surface area contributed by atoms with Crippen molar-refractivity contribution < 1.29 is 33.4 Å². The van der Waals surface area contributed by atoms with E-state index in [-0.39, 0.29) is 35.2 Å². The number of aliphatic hydroxyl groups is 1. The molecule has 0 saturated heterocycles. The number of Topliss-reactive ketones (excluding diaryl/α,β-unsaturated/α-hetero) is 1. The third-order valence-electron chi connectivity index (χ3n) is 15.1. The fourth-order valence-corrected chi connectivity index (χ4v) is 16.0. The third-order valence-corrected chi connectivity index (χ3v) is 20.1. The zero-order valence-electron chi connectivity index (χ0n) is 38.4. The van der Waals surface area contributed by atoms with Crippen LogP contribution in [0.1, 0.15) is 119 Å². The van der Waals surface area contributed by atoms with Gasteiger partial charge in [0, 0.05) is 43.3 Å². The second-order valence-corrected chi connectivity index (χ2v) is 25.2. The highest BCUT2D eigenvalue weighted by atomic mass is 28.4. The van der Waals surface area contributed by atoms with E-state index in [0.29, 0.717) is 38.9 Å². The Hall–Kier alpha value is -3.83. The molecular formula is C51H72N2O7Si. The van der Waals surface area contributed by atoms with Gasteiger partial charge >= 0.3 is 12.1 Å². The highest BCUT2D eigenvalue weighted by Gasteiger charge is 2.69. The molecule has 6 rings (SSSR count). The van der Waals surface area contributed by atoms with E-state index in [1.54, 1.807) is 0 Å². The second kappa shape index (κ2) is 18.1. The van der Waals surface area contributed by atoms with Gasteiger partial charge in [-0.25, -0.2) is 9.59 Å². The van der Waals surface area contributed by atoms with Crippen molar-refractivity contribution in [1.29, 1.82) is 0 Å². The number of amides is 1. The summed E-state index contributed by atoms with van der Waals surface area (Å²) < 4.78 is 19.2. The molecule has 9 nitrogen and oxygen atoms in total. The number of ether oxygens (including phenoxy) is 2. The van der Waals surface area contributed by atoms with Crippen LogP contribution in [0.15, 0.2) is 84.9 Å². The summed E-state index contributed by atoms with van der Waals surface area (Å²) in [6.45, 7) is 22.1. The SMILES string of the molecule is CC[C@@]1(C)C[C@@H](OC(=O)CO[Si](c2ccccc2)(c2ccccc2)C(C)(C)C)[C@@]2(C)C3C(=O)CC[C@@]3(CC[C@H]2C)[C@H](CNCc2ccc(CNC(=O)OC(C)(C)C)cc2)[C@@H]1O. The maximum absolute atomic E-state index is 14.5. The molecule has 3 N–H and O–H groups in total. The predicted octanol–water partition coefficient (Wildman–Crippen LogP) is 8.49. The maximum Gasteiger partial charge on any atom is 0.407 e. The molecule has 8 atom stereocenters. The lowest BCUT2D eigenvalue weighted by molar-refractivity contribution is -0.214. The van der Waals surface area contributed by atoms with Gasteiger partial charge in [0.2, 0.25) is 0 Å². The van der Waals surface area contributed by atoms with Gasteiger partial charge in [-0.2, -0.15) is 0 Å². The first-order chi connectivity index (χ1) is 28.7. The molecule has 0 heterocycles. The average molecular weight is 853 g/mol. The van der Waals surface area contributed by atoms with Gasteiger partial charge in [0.15, 0.2) is 0 Å². The van der Waals surface area contributed by atoms with Gasteiger partial charge in [-0.1, -0.05) is 133 Å². The fraction of sp³-hybridized carbons (Fsp3) is 0.588. The summed E-state index contributed by atoms with van der Waals surface area (Å²) in [6, 6.07) is 28.7. The van der Waals surface area contributed by atoms with E-state index in [1.807, 2.05) is 69.3 Å². The number of benzene rings is 3. The Morgan fingerprint density at radius 1 is 0.852 bits per heavy atom. The first-order valence-corrected chi connectivity index (χ1v) is 24.5. The van der Waals surface area contributed by atoms with Crippen LogP contribution in [0.2, 0.25) is 5.04 Å². The van der Waals surface area contributed by atoms with Gasteiger partial charge < -0.3 is 29.6 Å². The van der Waals surface area contributed by atoms with Crippen molar-refractivity contribution in [1.82, 2.24) is 10.6 Å². The van der Waals surface area contributed by atoms with E-state index in [9.17, 15) is 19.5 Å². The first kappa shape index (κ1) is 46.7. The molecule has 2 bridgehead atoms. The van der Waals surface area contributed by atoms with Crippen LogP contribution >= 0.6 is 0 Å².